The lowest BCUT2D eigenvalue weighted by molar-refractivity contribution is 0.106. The molecule has 0 aromatic carbocycles. The average molecular weight is 268 g/mol. The van der Waals surface area contributed by atoms with Gasteiger partial charge >= 0.3 is 0 Å². The summed E-state index contributed by atoms with van der Waals surface area (Å²) >= 11 is 0. The molecule has 1 aliphatic heterocycles. The van der Waals surface area contributed by atoms with E-state index in [0.717, 1.165) is 36.9 Å². The number of likely N-dealkylation sites (tertiary alicyclic amines) is 1. The van der Waals surface area contributed by atoms with Gasteiger partial charge < -0.3 is 10.2 Å². The zero-order valence-electron chi connectivity index (χ0n) is 13.9. The van der Waals surface area contributed by atoms with Crippen molar-refractivity contribution >= 4 is 0 Å². The molecule has 0 bridgehead atoms. The highest BCUT2D eigenvalue weighted by atomic mass is 15.2. The second-order valence-electron chi connectivity index (χ2n) is 7.04. The van der Waals surface area contributed by atoms with E-state index in [2.05, 4.69) is 44.8 Å². The van der Waals surface area contributed by atoms with Crippen LogP contribution in [0.2, 0.25) is 0 Å². The monoisotopic (exact) mass is 268 g/mol. The van der Waals surface area contributed by atoms with Gasteiger partial charge in [-0.25, -0.2) is 0 Å². The van der Waals surface area contributed by atoms with Crippen LogP contribution in [-0.4, -0.2) is 37.1 Å². The van der Waals surface area contributed by atoms with Crippen molar-refractivity contribution in [1.29, 1.82) is 0 Å². The molecular formula is C17H36N2. The lowest BCUT2D eigenvalue weighted by atomic mass is 9.90. The Morgan fingerprint density at radius 3 is 2.21 bits per heavy atom. The Labute approximate surface area is 121 Å². The van der Waals surface area contributed by atoms with Crippen molar-refractivity contribution in [1.82, 2.24) is 10.2 Å². The lowest BCUT2D eigenvalue weighted by Crippen LogP contribution is -2.45. The van der Waals surface area contributed by atoms with Crippen LogP contribution in [0.1, 0.15) is 60.3 Å². The molecule has 2 atom stereocenters. The molecule has 0 radical (unpaired) electrons. The molecule has 0 spiro atoms. The van der Waals surface area contributed by atoms with E-state index >= 15 is 0 Å². The first-order valence-corrected chi connectivity index (χ1v) is 8.49. The number of nitrogens with one attached hydrogen (secondary N) is 1. The zero-order chi connectivity index (χ0) is 14.3. The molecule has 0 saturated carbocycles. The minimum Gasteiger partial charge on any atom is -0.316 e. The summed E-state index contributed by atoms with van der Waals surface area (Å²) in [5.41, 5.74) is 0. The van der Waals surface area contributed by atoms with Gasteiger partial charge in [0, 0.05) is 6.04 Å². The van der Waals surface area contributed by atoms with Crippen molar-refractivity contribution < 1.29 is 0 Å². The van der Waals surface area contributed by atoms with E-state index in [1.807, 2.05) is 0 Å². The molecule has 1 N–H and O–H groups in total. The number of rotatable bonds is 8. The van der Waals surface area contributed by atoms with Crippen molar-refractivity contribution in [3.8, 4) is 0 Å². The first kappa shape index (κ1) is 17.0. The van der Waals surface area contributed by atoms with Gasteiger partial charge in [-0.15, -0.1) is 0 Å². The summed E-state index contributed by atoms with van der Waals surface area (Å²) < 4.78 is 0. The molecule has 2 heteroatoms. The highest BCUT2D eigenvalue weighted by Crippen LogP contribution is 2.24. The summed E-state index contributed by atoms with van der Waals surface area (Å²) in [6.45, 7) is 16.6. The Hall–Kier alpha value is -0.0800. The Morgan fingerprint density at radius 2 is 1.68 bits per heavy atom. The molecule has 19 heavy (non-hydrogen) atoms. The maximum atomic E-state index is 3.61. The van der Waals surface area contributed by atoms with Crippen LogP contribution < -0.4 is 5.32 Å². The van der Waals surface area contributed by atoms with Gasteiger partial charge in [-0.1, -0.05) is 40.5 Å². The van der Waals surface area contributed by atoms with Crippen LogP contribution >= 0.6 is 0 Å². The quantitative estimate of drug-likeness (QED) is 0.721. The first-order valence-electron chi connectivity index (χ1n) is 8.49. The van der Waals surface area contributed by atoms with E-state index in [1.165, 1.54) is 38.8 Å². The third kappa shape index (κ3) is 6.27. The molecule has 2 unspecified atom stereocenters. The first-order chi connectivity index (χ1) is 9.04. The molecule has 2 nitrogen and oxygen atoms in total. The number of hydrogen-bond acceptors (Lipinski definition) is 2. The molecule has 0 aromatic rings. The second-order valence-corrected chi connectivity index (χ2v) is 7.04. The molecule has 0 aliphatic carbocycles. The van der Waals surface area contributed by atoms with Crippen LogP contribution in [0.4, 0.5) is 0 Å². The molecule has 1 aliphatic rings. The maximum absolute atomic E-state index is 3.61. The van der Waals surface area contributed by atoms with Crippen molar-refractivity contribution in [3.05, 3.63) is 0 Å². The summed E-state index contributed by atoms with van der Waals surface area (Å²) in [5, 5.41) is 3.61. The molecule has 1 rings (SSSR count). The Bertz CT molecular complexity index is 219. The molecule has 1 saturated heterocycles. The second kappa shape index (κ2) is 8.97. The van der Waals surface area contributed by atoms with Gasteiger partial charge in [0.15, 0.2) is 0 Å². The number of nitrogens with zero attached hydrogens (tertiary/aromatic N) is 1. The van der Waals surface area contributed by atoms with Gasteiger partial charge in [-0.3, -0.25) is 0 Å². The van der Waals surface area contributed by atoms with E-state index in [9.17, 15) is 0 Å². The van der Waals surface area contributed by atoms with E-state index < -0.39 is 0 Å². The smallest absolute Gasteiger partial charge is 0.0105 e. The fourth-order valence-corrected chi connectivity index (χ4v) is 3.19. The predicted octanol–water partition coefficient (Wildman–Crippen LogP) is 3.77. The van der Waals surface area contributed by atoms with E-state index in [0.29, 0.717) is 0 Å². The van der Waals surface area contributed by atoms with E-state index in [4.69, 9.17) is 0 Å². The van der Waals surface area contributed by atoms with Gasteiger partial charge in [0.2, 0.25) is 0 Å². The fourth-order valence-electron chi connectivity index (χ4n) is 3.19. The van der Waals surface area contributed by atoms with Crippen molar-refractivity contribution in [2.24, 2.45) is 17.8 Å². The molecule has 0 amide bonds. The van der Waals surface area contributed by atoms with Crippen LogP contribution in [0.5, 0.6) is 0 Å². The van der Waals surface area contributed by atoms with Crippen LogP contribution in [0.15, 0.2) is 0 Å². The maximum Gasteiger partial charge on any atom is 0.0105 e. The van der Waals surface area contributed by atoms with Crippen LogP contribution in [0.25, 0.3) is 0 Å². The summed E-state index contributed by atoms with van der Waals surface area (Å²) in [6.07, 6.45) is 5.64. The summed E-state index contributed by atoms with van der Waals surface area (Å²) in [6, 6.07) is 0.724. The predicted molar refractivity (Wildman–Crippen MR) is 85.5 cm³/mol. The van der Waals surface area contributed by atoms with Crippen molar-refractivity contribution in [3.63, 3.8) is 0 Å². The minimum atomic E-state index is 0.724. The lowest BCUT2D eigenvalue weighted by Gasteiger charge is -2.38. The third-order valence-electron chi connectivity index (χ3n) is 4.76. The third-order valence-corrected chi connectivity index (χ3v) is 4.76. The van der Waals surface area contributed by atoms with Gasteiger partial charge in [-0.05, 0) is 63.7 Å². The normalized spacial score (nSPS) is 21.8. The molecule has 1 heterocycles. The van der Waals surface area contributed by atoms with Gasteiger partial charge in [0.1, 0.15) is 0 Å². The van der Waals surface area contributed by atoms with E-state index in [-0.39, 0.29) is 0 Å². The van der Waals surface area contributed by atoms with Crippen molar-refractivity contribution in [2.45, 2.75) is 66.3 Å². The largest absolute Gasteiger partial charge is 0.316 e. The van der Waals surface area contributed by atoms with E-state index in [1.54, 1.807) is 0 Å². The molecule has 114 valence electrons. The van der Waals surface area contributed by atoms with Crippen molar-refractivity contribution in [2.75, 3.05) is 26.2 Å². The van der Waals surface area contributed by atoms with Crippen LogP contribution in [0, 0.1) is 17.8 Å². The molecular weight excluding hydrogens is 232 g/mol. The summed E-state index contributed by atoms with van der Waals surface area (Å²) in [7, 11) is 0. The highest BCUT2D eigenvalue weighted by molar-refractivity contribution is 4.80. The van der Waals surface area contributed by atoms with Gasteiger partial charge in [-0.2, -0.15) is 0 Å². The van der Waals surface area contributed by atoms with Crippen LogP contribution in [0.3, 0.4) is 0 Å². The Kier molecular flexibility index (Phi) is 8.01. The van der Waals surface area contributed by atoms with Gasteiger partial charge in [0.25, 0.3) is 0 Å². The molecule has 1 fully saturated rings. The Morgan fingerprint density at radius 1 is 1.05 bits per heavy atom. The number of piperidine rings is 1. The topological polar surface area (TPSA) is 15.3 Å². The summed E-state index contributed by atoms with van der Waals surface area (Å²) in [4.78, 5) is 2.72. The summed E-state index contributed by atoms with van der Waals surface area (Å²) in [5.74, 6) is 2.51. The molecule has 0 aromatic heterocycles. The SMILES string of the molecule is CCCC1CCN(C(C)C(C)CNCC(C)C)CC1. The zero-order valence-corrected chi connectivity index (χ0v) is 13.9. The minimum absolute atomic E-state index is 0.724. The standard InChI is InChI=1S/C17H36N2/c1-6-7-17-8-10-19(11-9-17)16(5)15(4)13-18-12-14(2)3/h14-18H,6-13H2,1-5H3. The van der Waals surface area contributed by atoms with Crippen LogP contribution in [-0.2, 0) is 0 Å². The highest BCUT2D eigenvalue weighted by Gasteiger charge is 2.25. The number of hydrogen-bond donors (Lipinski definition) is 1. The fraction of sp³-hybridized carbons (Fsp3) is 1.00. The van der Waals surface area contributed by atoms with Gasteiger partial charge in [0.05, 0.1) is 0 Å². The Balaban J connectivity index is 2.23. The average Bonchev–Trinajstić information content (AvgIpc) is 2.38.